The Labute approximate surface area is 243 Å². The van der Waals surface area contributed by atoms with Crippen LogP contribution in [0.25, 0.3) is 10.8 Å². The monoisotopic (exact) mass is 575 g/mol. The van der Waals surface area contributed by atoms with Crippen LogP contribution in [0.3, 0.4) is 0 Å². The van der Waals surface area contributed by atoms with E-state index in [1.54, 1.807) is 30.6 Å². The molecule has 0 spiro atoms. The van der Waals surface area contributed by atoms with Gasteiger partial charge in [-0.1, -0.05) is 18.6 Å². The predicted octanol–water partition coefficient (Wildman–Crippen LogP) is 4.64. The molecule has 0 aliphatic carbocycles. The molecule has 0 amide bonds. The number of halogens is 2. The standard InChI is InChI=1S/C31H35F2N7O2/c1-19-14-39-18-34-29(33)27(39)16-40(19)30-23-9-11-38(26-13-22(41)12-20-6-5-8-24(32)28(20)26)15-25(23)35-31(36-30)42-17-21-7-3-4-10-37(21)2/h5-6,8,12-13,18-19,21,41H,3-4,7,9-11,14-17H2,1-2H3/t19-,21-/m1/s1. The van der Waals surface area contributed by atoms with E-state index in [0.717, 1.165) is 30.0 Å². The van der Waals surface area contributed by atoms with Crippen LogP contribution in [0.5, 0.6) is 11.8 Å². The lowest BCUT2D eigenvalue weighted by atomic mass is 10.0. The Morgan fingerprint density at radius 1 is 1.10 bits per heavy atom. The van der Waals surface area contributed by atoms with Gasteiger partial charge in [0.25, 0.3) is 0 Å². The second-order valence-corrected chi connectivity index (χ2v) is 11.8. The van der Waals surface area contributed by atoms with Crippen molar-refractivity contribution in [2.24, 2.45) is 0 Å². The van der Waals surface area contributed by atoms with Crippen molar-refractivity contribution >= 4 is 22.3 Å². The van der Waals surface area contributed by atoms with E-state index in [2.05, 4.69) is 33.7 Å². The van der Waals surface area contributed by atoms with E-state index in [1.165, 1.54) is 18.9 Å². The Morgan fingerprint density at radius 2 is 1.98 bits per heavy atom. The average Bonchev–Trinajstić information content (AvgIpc) is 3.34. The largest absolute Gasteiger partial charge is 0.508 e. The van der Waals surface area contributed by atoms with E-state index in [1.807, 2.05) is 4.57 Å². The minimum Gasteiger partial charge on any atom is -0.508 e. The molecule has 0 radical (unpaired) electrons. The summed E-state index contributed by atoms with van der Waals surface area (Å²) in [5, 5.41) is 11.6. The third-order valence-corrected chi connectivity index (χ3v) is 9.06. The summed E-state index contributed by atoms with van der Waals surface area (Å²) >= 11 is 0. The van der Waals surface area contributed by atoms with Gasteiger partial charge in [0.2, 0.25) is 5.95 Å². The summed E-state index contributed by atoms with van der Waals surface area (Å²) in [6, 6.07) is 8.71. The Hall–Kier alpha value is -3.99. The molecule has 2 aromatic heterocycles. The first-order chi connectivity index (χ1) is 20.4. The number of anilines is 2. The molecule has 7 rings (SSSR count). The Bertz CT molecular complexity index is 1640. The van der Waals surface area contributed by atoms with Gasteiger partial charge in [0.05, 0.1) is 36.5 Å². The Morgan fingerprint density at radius 3 is 2.83 bits per heavy atom. The van der Waals surface area contributed by atoms with Crippen molar-refractivity contribution < 1.29 is 18.6 Å². The summed E-state index contributed by atoms with van der Waals surface area (Å²) in [5.41, 5.74) is 2.93. The Balaban J connectivity index is 1.27. The highest BCUT2D eigenvalue weighted by Gasteiger charge is 2.33. The van der Waals surface area contributed by atoms with E-state index in [4.69, 9.17) is 14.7 Å². The van der Waals surface area contributed by atoms with Gasteiger partial charge in [0.15, 0.2) is 0 Å². The van der Waals surface area contributed by atoms with Crippen molar-refractivity contribution in [3.05, 3.63) is 65.4 Å². The zero-order chi connectivity index (χ0) is 29.0. The first kappa shape index (κ1) is 26.9. The van der Waals surface area contributed by atoms with Gasteiger partial charge in [-0.05, 0) is 57.3 Å². The molecule has 1 saturated heterocycles. The number of phenols is 1. The molecule has 2 aromatic carbocycles. The summed E-state index contributed by atoms with van der Waals surface area (Å²) in [4.78, 5) is 20.2. The summed E-state index contributed by atoms with van der Waals surface area (Å²) < 4.78 is 37.8. The van der Waals surface area contributed by atoms with Crippen LogP contribution in [-0.2, 0) is 26.1 Å². The highest BCUT2D eigenvalue weighted by molar-refractivity contribution is 5.96. The Kier molecular flexibility index (Phi) is 6.84. The van der Waals surface area contributed by atoms with Gasteiger partial charge in [-0.25, -0.2) is 9.37 Å². The number of nitrogens with zero attached hydrogens (tertiary/aromatic N) is 7. The lowest BCUT2D eigenvalue weighted by molar-refractivity contribution is 0.119. The molecule has 1 N–H and O–H groups in total. The van der Waals surface area contributed by atoms with Crippen molar-refractivity contribution in [1.82, 2.24) is 24.4 Å². The first-order valence-corrected chi connectivity index (χ1v) is 14.7. The van der Waals surface area contributed by atoms with Crippen LogP contribution in [0.4, 0.5) is 20.3 Å². The number of aromatic nitrogens is 4. The lowest BCUT2D eigenvalue weighted by Crippen LogP contribution is -2.43. The van der Waals surface area contributed by atoms with Gasteiger partial charge < -0.3 is 29.1 Å². The number of fused-ring (bicyclic) bond motifs is 3. The average molecular weight is 576 g/mol. The summed E-state index contributed by atoms with van der Waals surface area (Å²) in [5.74, 6) is 0.0327. The maximum atomic E-state index is 15.1. The van der Waals surface area contributed by atoms with E-state index < -0.39 is 5.95 Å². The number of phenolic OH excluding ortho intramolecular Hbond substituents is 1. The van der Waals surface area contributed by atoms with Crippen LogP contribution in [0, 0.1) is 11.8 Å². The molecule has 2 atom stereocenters. The predicted molar refractivity (Wildman–Crippen MR) is 156 cm³/mol. The zero-order valence-corrected chi connectivity index (χ0v) is 23.9. The quantitative estimate of drug-likeness (QED) is 0.369. The fourth-order valence-corrected chi connectivity index (χ4v) is 6.70. The molecule has 5 heterocycles. The van der Waals surface area contributed by atoms with Crippen molar-refractivity contribution in [2.45, 2.75) is 64.3 Å². The second kappa shape index (κ2) is 10.7. The number of ether oxygens (including phenoxy) is 1. The van der Waals surface area contributed by atoms with E-state index in [0.29, 0.717) is 67.4 Å². The number of aromatic hydroxyl groups is 1. The highest BCUT2D eigenvalue weighted by Crippen LogP contribution is 2.38. The fraction of sp³-hybridized carbons (Fsp3) is 0.452. The van der Waals surface area contributed by atoms with Crippen molar-refractivity contribution in [2.75, 3.05) is 36.5 Å². The molecule has 9 nitrogen and oxygen atoms in total. The third kappa shape index (κ3) is 4.79. The minimum atomic E-state index is -0.462. The van der Waals surface area contributed by atoms with Crippen LogP contribution >= 0.6 is 0 Å². The molecule has 3 aliphatic rings. The molecule has 1 fully saturated rings. The number of hydrogen-bond acceptors (Lipinski definition) is 8. The third-order valence-electron chi connectivity index (χ3n) is 9.06. The van der Waals surface area contributed by atoms with E-state index in [9.17, 15) is 9.50 Å². The number of imidazole rings is 1. The normalized spacial score (nSPS) is 21.0. The van der Waals surface area contributed by atoms with Crippen molar-refractivity contribution in [3.63, 3.8) is 0 Å². The van der Waals surface area contributed by atoms with Crippen molar-refractivity contribution in [3.8, 4) is 11.8 Å². The van der Waals surface area contributed by atoms with Gasteiger partial charge in [0, 0.05) is 42.2 Å². The summed E-state index contributed by atoms with van der Waals surface area (Å²) in [6.45, 7) is 5.53. The molecule has 220 valence electrons. The summed E-state index contributed by atoms with van der Waals surface area (Å²) in [6.07, 6.45) is 5.58. The van der Waals surface area contributed by atoms with Gasteiger partial charge in [-0.3, -0.25) is 0 Å². The molecule has 0 bridgehead atoms. The topological polar surface area (TPSA) is 82.8 Å². The zero-order valence-electron chi connectivity index (χ0n) is 23.9. The highest BCUT2D eigenvalue weighted by atomic mass is 19.1. The maximum Gasteiger partial charge on any atom is 0.318 e. The number of benzene rings is 2. The minimum absolute atomic E-state index is 0.0459. The molecule has 3 aliphatic heterocycles. The number of rotatable bonds is 5. The molecule has 42 heavy (non-hydrogen) atoms. The van der Waals surface area contributed by atoms with Crippen LogP contribution in [0.2, 0.25) is 0 Å². The van der Waals surface area contributed by atoms with Crippen LogP contribution in [0.1, 0.15) is 43.1 Å². The summed E-state index contributed by atoms with van der Waals surface area (Å²) in [7, 11) is 2.12. The smallest absolute Gasteiger partial charge is 0.318 e. The van der Waals surface area contributed by atoms with Crippen LogP contribution < -0.4 is 14.5 Å². The van der Waals surface area contributed by atoms with Gasteiger partial charge in [0.1, 0.15) is 24.0 Å². The van der Waals surface area contributed by atoms with Crippen molar-refractivity contribution in [1.29, 1.82) is 0 Å². The van der Waals surface area contributed by atoms with Gasteiger partial charge in [-0.2, -0.15) is 14.4 Å². The molecule has 0 unspecified atom stereocenters. The van der Waals surface area contributed by atoms with Crippen LogP contribution in [0.15, 0.2) is 36.7 Å². The second-order valence-electron chi connectivity index (χ2n) is 11.8. The van der Waals surface area contributed by atoms with Gasteiger partial charge >= 0.3 is 6.01 Å². The number of hydrogen-bond donors (Lipinski definition) is 1. The van der Waals surface area contributed by atoms with Crippen LogP contribution in [-0.4, -0.2) is 68.4 Å². The van der Waals surface area contributed by atoms with E-state index in [-0.39, 0.29) is 23.7 Å². The number of likely N-dealkylation sites (tertiary alicyclic amines) is 1. The fourth-order valence-electron chi connectivity index (χ4n) is 6.70. The number of likely N-dealkylation sites (N-methyl/N-ethyl adjacent to an activating group) is 1. The van der Waals surface area contributed by atoms with Gasteiger partial charge in [-0.15, -0.1) is 0 Å². The SMILES string of the molecule is C[C@@H]1Cn2cnc(F)c2CN1c1nc(OC[C@H]2CCCCN2C)nc2c1CCN(c1cc(O)cc3cccc(F)c13)C2. The molecule has 4 aromatic rings. The van der Waals surface area contributed by atoms with E-state index >= 15 is 4.39 Å². The number of piperidine rings is 1. The molecule has 11 heteroatoms. The first-order valence-electron chi connectivity index (χ1n) is 14.7. The molecular weight excluding hydrogens is 540 g/mol. The lowest BCUT2D eigenvalue weighted by Gasteiger charge is -2.39. The molecule has 0 saturated carbocycles. The maximum absolute atomic E-state index is 15.1. The molecular formula is C31H35F2N7O2.